The van der Waals surface area contributed by atoms with Crippen molar-refractivity contribution in [3.63, 3.8) is 0 Å². The summed E-state index contributed by atoms with van der Waals surface area (Å²) in [6.07, 6.45) is 18.9. The van der Waals surface area contributed by atoms with E-state index in [9.17, 15) is 0 Å². The molecule has 7 heteroatoms. The van der Waals surface area contributed by atoms with E-state index in [4.69, 9.17) is 33.2 Å². The first-order valence-corrected chi connectivity index (χ1v) is 23.0. The first-order chi connectivity index (χ1) is 28.1. The summed E-state index contributed by atoms with van der Waals surface area (Å²) < 4.78 is 46.6. The number of ether oxygens (including phenoxy) is 7. The second kappa shape index (κ2) is 26.3. The van der Waals surface area contributed by atoms with Gasteiger partial charge in [0, 0.05) is 5.39 Å². The van der Waals surface area contributed by atoms with Crippen molar-refractivity contribution in [2.75, 3.05) is 46.2 Å². The minimum Gasteiger partial charge on any atom is -0.490 e. The number of benzene rings is 4. The fourth-order valence-electron chi connectivity index (χ4n) is 7.02. The van der Waals surface area contributed by atoms with Gasteiger partial charge in [0.15, 0.2) is 34.5 Å². The molecule has 4 aromatic carbocycles. The Hall–Kier alpha value is -3.74. The van der Waals surface area contributed by atoms with Crippen molar-refractivity contribution in [2.24, 2.45) is 0 Å². The highest BCUT2D eigenvalue weighted by Gasteiger charge is 2.25. The summed E-state index contributed by atoms with van der Waals surface area (Å²) in [5.74, 6) is 5.21. The predicted molar refractivity (Wildman–Crippen MR) is 240 cm³/mol. The Morgan fingerprint density at radius 3 is 0.895 bits per heavy atom. The summed E-state index contributed by atoms with van der Waals surface area (Å²) in [6, 6.07) is 11.0. The maximum Gasteiger partial charge on any atom is 0.204 e. The van der Waals surface area contributed by atoms with Crippen LogP contribution < -0.4 is 33.2 Å². The molecule has 57 heavy (non-hydrogen) atoms. The highest BCUT2D eigenvalue weighted by atomic mass is 16.5. The molecular weight excluding hydrogens is 713 g/mol. The van der Waals surface area contributed by atoms with Crippen LogP contribution in [0.4, 0.5) is 0 Å². The lowest BCUT2D eigenvalue weighted by Crippen LogP contribution is -2.07. The highest BCUT2D eigenvalue weighted by molar-refractivity contribution is 6.28. The molecule has 0 fully saturated rings. The molecule has 0 aliphatic carbocycles. The molecule has 0 amide bonds. The quantitative estimate of drug-likeness (QED) is 0.0361. The molecule has 0 N–H and O–H groups in total. The highest BCUT2D eigenvalue weighted by Crippen LogP contribution is 2.52. The molecule has 0 heterocycles. The van der Waals surface area contributed by atoms with Crippen LogP contribution in [0.25, 0.3) is 32.3 Å². The van der Waals surface area contributed by atoms with Crippen LogP contribution in [0.15, 0.2) is 30.3 Å². The molecule has 0 aliphatic heterocycles. The largest absolute Gasteiger partial charge is 0.490 e. The smallest absolute Gasteiger partial charge is 0.204 e. The molecule has 0 spiro atoms. The van der Waals surface area contributed by atoms with Crippen molar-refractivity contribution in [3.05, 3.63) is 30.3 Å². The number of fused-ring (bicyclic) bond motifs is 6. The topological polar surface area (TPSA) is 64.6 Å². The Kier molecular flexibility index (Phi) is 21.2. The van der Waals surface area contributed by atoms with Crippen molar-refractivity contribution in [2.45, 2.75) is 164 Å². The Balaban J connectivity index is 2.14. The fourth-order valence-corrected chi connectivity index (χ4v) is 7.02. The molecule has 0 radical (unpaired) electrons. The van der Waals surface area contributed by atoms with E-state index in [1.54, 1.807) is 0 Å². The number of rotatable bonds is 32. The van der Waals surface area contributed by atoms with Gasteiger partial charge in [-0.1, -0.05) is 119 Å². The molecular formula is C50H76O7. The Bertz CT molecular complexity index is 1750. The number of hydrogen-bond acceptors (Lipinski definition) is 7. The van der Waals surface area contributed by atoms with Crippen LogP contribution in [-0.4, -0.2) is 46.2 Å². The SMILES string of the molecule is CCCCCOc1cc2c3cc(OCCCCC)c(OCCCCC)cc3c3c(OCCCC)c(OCCCC)c(OCCCC)cc3c2cc1OCCCCC. The van der Waals surface area contributed by atoms with Gasteiger partial charge in [0.1, 0.15) is 0 Å². The third-order valence-electron chi connectivity index (χ3n) is 10.5. The molecule has 0 saturated heterocycles. The van der Waals surface area contributed by atoms with Crippen LogP contribution >= 0.6 is 0 Å². The zero-order valence-electron chi connectivity index (χ0n) is 36.9. The molecule has 0 atom stereocenters. The van der Waals surface area contributed by atoms with E-state index >= 15 is 0 Å². The molecule has 0 unspecified atom stereocenters. The zero-order chi connectivity index (χ0) is 40.7. The van der Waals surface area contributed by atoms with Gasteiger partial charge in [-0.05, 0) is 102 Å². The predicted octanol–water partition coefficient (Wildman–Crippen LogP) is 15.0. The van der Waals surface area contributed by atoms with Gasteiger partial charge in [0.05, 0.1) is 46.2 Å². The van der Waals surface area contributed by atoms with Crippen molar-refractivity contribution in [1.29, 1.82) is 0 Å². The Morgan fingerprint density at radius 2 is 0.526 bits per heavy atom. The Morgan fingerprint density at radius 1 is 0.263 bits per heavy atom. The number of hydrogen-bond donors (Lipinski definition) is 0. The van der Waals surface area contributed by atoms with Crippen molar-refractivity contribution < 1.29 is 33.2 Å². The summed E-state index contributed by atoms with van der Waals surface area (Å²) in [6.45, 7) is 19.8. The molecule has 0 saturated carbocycles. The molecule has 4 aromatic rings. The first-order valence-electron chi connectivity index (χ1n) is 23.0. The average molecular weight is 789 g/mol. The van der Waals surface area contributed by atoms with Gasteiger partial charge >= 0.3 is 0 Å². The van der Waals surface area contributed by atoms with E-state index in [0.717, 1.165) is 182 Å². The minimum absolute atomic E-state index is 0.572. The van der Waals surface area contributed by atoms with E-state index in [1.165, 1.54) is 0 Å². The summed E-state index contributed by atoms with van der Waals surface area (Å²) >= 11 is 0. The van der Waals surface area contributed by atoms with Gasteiger partial charge in [0.25, 0.3) is 0 Å². The van der Waals surface area contributed by atoms with Crippen LogP contribution in [0, 0.1) is 0 Å². The average Bonchev–Trinajstić information content (AvgIpc) is 3.22. The summed E-state index contributed by atoms with van der Waals surface area (Å²) in [4.78, 5) is 0. The lowest BCUT2D eigenvalue weighted by molar-refractivity contribution is 0.239. The second-order valence-electron chi connectivity index (χ2n) is 15.5. The van der Waals surface area contributed by atoms with E-state index in [0.29, 0.717) is 52.0 Å². The van der Waals surface area contributed by atoms with E-state index < -0.39 is 0 Å². The monoisotopic (exact) mass is 789 g/mol. The maximum absolute atomic E-state index is 6.89. The van der Waals surface area contributed by atoms with Crippen LogP contribution in [0.3, 0.4) is 0 Å². The fraction of sp³-hybridized carbons (Fsp3) is 0.640. The van der Waals surface area contributed by atoms with Crippen LogP contribution in [0.2, 0.25) is 0 Å². The van der Waals surface area contributed by atoms with Gasteiger partial charge in [-0.15, -0.1) is 0 Å². The molecule has 0 aliphatic rings. The summed E-state index contributed by atoms with van der Waals surface area (Å²) in [5.41, 5.74) is 0. The van der Waals surface area contributed by atoms with Gasteiger partial charge in [0.2, 0.25) is 5.75 Å². The normalized spacial score (nSPS) is 11.4. The molecule has 7 nitrogen and oxygen atoms in total. The summed E-state index contributed by atoms with van der Waals surface area (Å²) in [5, 5.41) is 6.23. The third-order valence-corrected chi connectivity index (χ3v) is 10.5. The van der Waals surface area contributed by atoms with Crippen LogP contribution in [0.1, 0.15) is 164 Å². The van der Waals surface area contributed by atoms with Gasteiger partial charge in [-0.2, -0.15) is 0 Å². The zero-order valence-corrected chi connectivity index (χ0v) is 36.9. The molecule has 0 aromatic heterocycles. The first kappa shape index (κ1) is 46.0. The van der Waals surface area contributed by atoms with E-state index in [-0.39, 0.29) is 0 Å². The lowest BCUT2D eigenvalue weighted by atomic mass is 9.92. The lowest BCUT2D eigenvalue weighted by Gasteiger charge is -2.23. The van der Waals surface area contributed by atoms with Crippen LogP contribution in [-0.2, 0) is 0 Å². The third kappa shape index (κ3) is 13.4. The Labute approximate surface area is 345 Å². The van der Waals surface area contributed by atoms with E-state index in [1.807, 2.05) is 0 Å². The van der Waals surface area contributed by atoms with Gasteiger partial charge in [-0.25, -0.2) is 0 Å². The van der Waals surface area contributed by atoms with Crippen LogP contribution in [0.5, 0.6) is 40.2 Å². The molecule has 318 valence electrons. The van der Waals surface area contributed by atoms with Crippen molar-refractivity contribution in [1.82, 2.24) is 0 Å². The second-order valence-corrected chi connectivity index (χ2v) is 15.5. The summed E-state index contributed by atoms with van der Waals surface area (Å²) in [7, 11) is 0. The van der Waals surface area contributed by atoms with Crippen molar-refractivity contribution in [3.8, 4) is 40.2 Å². The number of unbranched alkanes of at least 4 members (excludes halogenated alkanes) is 11. The van der Waals surface area contributed by atoms with Gasteiger partial charge < -0.3 is 33.2 Å². The standard InChI is InChI=1S/C50H76O7/c1-8-15-22-29-51-43-33-38-39-34-45(53-31-24-17-10-3)46(54-32-25-18-11-4)36-41(39)48-42(40(38)35-44(43)52-30-23-16-9-2)37-47(55-26-19-12-5)49(56-27-20-13-6)50(48)57-28-21-14-7/h33-37H,8-32H2,1-7H3. The van der Waals surface area contributed by atoms with Gasteiger partial charge in [-0.3, -0.25) is 0 Å². The maximum atomic E-state index is 6.89. The molecule has 4 rings (SSSR count). The molecule has 0 bridgehead atoms. The minimum atomic E-state index is 0.572. The van der Waals surface area contributed by atoms with E-state index in [2.05, 4.69) is 78.8 Å². The van der Waals surface area contributed by atoms with Crippen molar-refractivity contribution >= 4 is 32.3 Å².